The Bertz CT molecular complexity index is 1010. The average molecular weight is 521 g/mol. The lowest BCUT2D eigenvalue weighted by atomic mass is 9.58. The number of hydrogen-bond acceptors (Lipinski definition) is 7. The van der Waals surface area contributed by atoms with Crippen molar-refractivity contribution < 1.29 is 32.7 Å². The van der Waals surface area contributed by atoms with E-state index in [4.69, 9.17) is 18.3 Å². The molecule has 1 spiro atoms. The topological polar surface area (TPSA) is 88.1 Å². The summed E-state index contributed by atoms with van der Waals surface area (Å²) in [6.45, 7) is 18.9. The summed E-state index contributed by atoms with van der Waals surface area (Å²) in [5.41, 5.74) is -1.80. The molecule has 0 aromatic rings. The van der Waals surface area contributed by atoms with Crippen LogP contribution in [0.25, 0.3) is 0 Å². The lowest BCUT2D eigenvalue weighted by Crippen LogP contribution is -2.62. The molecule has 5 fully saturated rings. The molecule has 4 bridgehead atoms. The first kappa shape index (κ1) is 25.4. The second-order valence-corrected chi connectivity index (χ2v) is 22.6. The molecule has 9 heteroatoms. The van der Waals surface area contributed by atoms with Crippen molar-refractivity contribution in [2.45, 2.75) is 89.7 Å². The highest BCUT2D eigenvalue weighted by molar-refractivity contribution is 6.70. The number of Topliss-reactive ketones (excluding diaryl/α,β-unsaturated/α-hetero) is 1. The first-order valence-electron chi connectivity index (χ1n) is 12.9. The van der Waals surface area contributed by atoms with Crippen LogP contribution in [0.2, 0.25) is 39.3 Å². The molecular weight excluding hydrogens is 480 g/mol. The number of rotatable bonds is 5. The van der Waals surface area contributed by atoms with E-state index in [1.807, 2.05) is 0 Å². The first-order valence-corrected chi connectivity index (χ1v) is 19.7. The van der Waals surface area contributed by atoms with Gasteiger partial charge in [0.2, 0.25) is 0 Å². The van der Waals surface area contributed by atoms with Crippen molar-refractivity contribution in [1.29, 1.82) is 0 Å². The zero-order valence-corrected chi connectivity index (χ0v) is 24.4. The number of carbonyl (C=O) groups excluding carboxylic acids is 3. The summed E-state index contributed by atoms with van der Waals surface area (Å²) in [6, 6.07) is 0. The highest BCUT2D eigenvalue weighted by atomic mass is 28.4. The largest absolute Gasteiger partial charge is 0.469 e. The lowest BCUT2D eigenvalue weighted by Gasteiger charge is -2.50. The number of hydrogen-bond donors (Lipinski definition) is 0. The van der Waals surface area contributed by atoms with E-state index in [0.29, 0.717) is 12.8 Å². The van der Waals surface area contributed by atoms with Crippen LogP contribution in [0.4, 0.5) is 0 Å². The predicted molar refractivity (Wildman–Crippen MR) is 134 cm³/mol. The van der Waals surface area contributed by atoms with Crippen molar-refractivity contribution >= 4 is 34.4 Å². The van der Waals surface area contributed by atoms with Crippen LogP contribution in [0.15, 0.2) is 12.2 Å². The van der Waals surface area contributed by atoms with Gasteiger partial charge in [-0.1, -0.05) is 12.2 Å². The molecule has 9 atom stereocenters. The number of carbonyl (C=O) groups is 3. The third-order valence-electron chi connectivity index (χ3n) is 9.50. The van der Waals surface area contributed by atoms with Crippen molar-refractivity contribution in [2.75, 3.05) is 7.11 Å². The quantitative estimate of drug-likeness (QED) is 0.233. The fraction of sp³-hybridized carbons (Fsp3) is 0.808. The Balaban J connectivity index is 1.74. The summed E-state index contributed by atoms with van der Waals surface area (Å²) in [5.74, 6) is -2.31. The van der Waals surface area contributed by atoms with Crippen LogP contribution < -0.4 is 0 Å². The maximum absolute atomic E-state index is 13.6. The standard InChI is InChI=1S/C26H40O7Si2/c1-14-12-25-13-15(14)16(32-34(4,5)6)10-17(25)26-19(33-35(7,8)9)11-18(27)24(2,23(29)31-26)21(26)20(25)22(28)30-3/h15-17,19-21H,1,10-13H2,2-9H3/t15?,16-,17+,19+,20+,21+,24-,25-,26-/m0/s1. The van der Waals surface area contributed by atoms with Crippen molar-refractivity contribution in [2.24, 2.45) is 34.5 Å². The van der Waals surface area contributed by atoms with Gasteiger partial charge in [-0.3, -0.25) is 14.4 Å². The third kappa shape index (κ3) is 3.23. The molecule has 1 heterocycles. The molecule has 4 saturated carbocycles. The molecule has 4 aliphatic carbocycles. The third-order valence-corrected chi connectivity index (χ3v) is 11.5. The van der Waals surface area contributed by atoms with Gasteiger partial charge in [0.25, 0.3) is 0 Å². The van der Waals surface area contributed by atoms with Gasteiger partial charge < -0.3 is 18.3 Å². The molecule has 7 nitrogen and oxygen atoms in total. The van der Waals surface area contributed by atoms with Crippen LogP contribution in [0.3, 0.4) is 0 Å². The van der Waals surface area contributed by atoms with Crippen molar-refractivity contribution in [3.63, 3.8) is 0 Å². The van der Waals surface area contributed by atoms with Crippen LogP contribution in [0.5, 0.6) is 0 Å². The number of methoxy groups -OCH3 is 1. The summed E-state index contributed by atoms with van der Waals surface area (Å²) >= 11 is 0. The normalized spacial score (nSPS) is 46.3. The van der Waals surface area contributed by atoms with Crippen LogP contribution in [0, 0.1) is 34.5 Å². The van der Waals surface area contributed by atoms with E-state index >= 15 is 0 Å². The number of fused-ring (bicyclic) bond motifs is 1. The molecule has 0 aromatic heterocycles. The van der Waals surface area contributed by atoms with Crippen molar-refractivity contribution in [1.82, 2.24) is 0 Å². The SMILES string of the molecule is C=C1C[C@]23CC1[C@@H](O[Si](C)(C)C)C[C@H]2[C@]12OC(=O)[C@@](C)(C(=O)C[C@H]1O[Si](C)(C)C)[C@H]2[C@@H]3C(=O)OC. The highest BCUT2D eigenvalue weighted by Crippen LogP contribution is 2.78. The zero-order valence-electron chi connectivity index (χ0n) is 22.4. The monoisotopic (exact) mass is 520 g/mol. The van der Waals surface area contributed by atoms with Crippen LogP contribution in [0.1, 0.15) is 32.6 Å². The molecule has 1 saturated heterocycles. The minimum absolute atomic E-state index is 0.0445. The Kier molecular flexibility index (Phi) is 5.35. The van der Waals surface area contributed by atoms with Gasteiger partial charge >= 0.3 is 11.9 Å². The summed E-state index contributed by atoms with van der Waals surface area (Å²) in [6.07, 6.45) is 1.59. The van der Waals surface area contributed by atoms with Gasteiger partial charge in [-0.05, 0) is 70.9 Å². The van der Waals surface area contributed by atoms with Gasteiger partial charge in [-0.25, -0.2) is 0 Å². The number of ketones is 1. The van der Waals surface area contributed by atoms with Gasteiger partial charge in [0.15, 0.2) is 22.4 Å². The van der Waals surface area contributed by atoms with Gasteiger partial charge in [0.1, 0.15) is 11.0 Å². The highest BCUT2D eigenvalue weighted by Gasteiger charge is 2.86. The fourth-order valence-electron chi connectivity index (χ4n) is 8.64. The maximum Gasteiger partial charge on any atom is 0.320 e. The minimum Gasteiger partial charge on any atom is -0.469 e. The summed E-state index contributed by atoms with van der Waals surface area (Å²) in [5, 5.41) is 0. The van der Waals surface area contributed by atoms with E-state index in [0.717, 1.165) is 12.0 Å². The summed E-state index contributed by atoms with van der Waals surface area (Å²) < 4.78 is 25.2. The van der Waals surface area contributed by atoms with E-state index in [2.05, 4.69) is 45.9 Å². The predicted octanol–water partition coefficient (Wildman–Crippen LogP) is 4.09. The number of esters is 2. The van der Waals surface area contributed by atoms with Gasteiger partial charge in [-0.15, -0.1) is 0 Å². The molecule has 35 heavy (non-hydrogen) atoms. The van der Waals surface area contributed by atoms with Crippen LogP contribution in [-0.4, -0.2) is 59.3 Å². The maximum atomic E-state index is 13.6. The molecule has 1 aliphatic heterocycles. The molecule has 5 rings (SSSR count). The van der Waals surface area contributed by atoms with E-state index in [1.165, 1.54) is 7.11 Å². The summed E-state index contributed by atoms with van der Waals surface area (Å²) in [4.78, 5) is 40.8. The summed E-state index contributed by atoms with van der Waals surface area (Å²) in [7, 11) is -2.62. The second-order valence-electron chi connectivity index (χ2n) is 13.7. The van der Waals surface area contributed by atoms with Gasteiger partial charge in [0.05, 0.1) is 25.2 Å². The molecular formula is C26H40O7Si2. The Morgan fingerprint density at radius 2 is 1.71 bits per heavy atom. The van der Waals surface area contributed by atoms with E-state index < -0.39 is 57.0 Å². The molecule has 0 aromatic carbocycles. The van der Waals surface area contributed by atoms with Crippen LogP contribution >= 0.6 is 0 Å². The Hall–Kier alpha value is -1.30. The Labute approximate surface area is 210 Å². The zero-order chi connectivity index (χ0) is 25.9. The van der Waals surface area contributed by atoms with E-state index in [1.54, 1.807) is 6.92 Å². The minimum atomic E-state index is -2.13. The fourth-order valence-corrected chi connectivity index (χ4v) is 10.9. The molecule has 0 radical (unpaired) electrons. The number of ether oxygens (including phenoxy) is 2. The van der Waals surface area contributed by atoms with Crippen LogP contribution in [-0.2, 0) is 32.7 Å². The molecule has 5 aliphatic rings. The van der Waals surface area contributed by atoms with Gasteiger partial charge in [-0.2, -0.15) is 0 Å². The molecule has 0 amide bonds. The Morgan fingerprint density at radius 1 is 1.09 bits per heavy atom. The van der Waals surface area contributed by atoms with Crippen molar-refractivity contribution in [3.05, 3.63) is 12.2 Å². The smallest absolute Gasteiger partial charge is 0.320 e. The molecule has 194 valence electrons. The lowest BCUT2D eigenvalue weighted by molar-refractivity contribution is -0.176. The first-order chi connectivity index (χ1) is 16.0. The van der Waals surface area contributed by atoms with Crippen molar-refractivity contribution in [3.8, 4) is 0 Å². The van der Waals surface area contributed by atoms with E-state index in [9.17, 15) is 14.4 Å². The Morgan fingerprint density at radius 3 is 2.29 bits per heavy atom. The second kappa shape index (κ2) is 7.39. The molecule has 0 N–H and O–H groups in total. The van der Waals surface area contributed by atoms with E-state index in [-0.39, 0.29) is 36.1 Å². The average Bonchev–Trinajstić information content (AvgIpc) is 3.21. The molecule has 1 unspecified atom stereocenters. The van der Waals surface area contributed by atoms with Gasteiger partial charge in [0, 0.05) is 24.2 Å².